The molecule has 0 saturated heterocycles. The monoisotopic (exact) mass is 227 g/mol. The molecule has 5 heteroatoms. The van der Waals surface area contributed by atoms with E-state index in [9.17, 15) is 5.11 Å². The Morgan fingerprint density at radius 3 is 3.06 bits per heavy atom. The minimum absolute atomic E-state index is 0.313. The summed E-state index contributed by atoms with van der Waals surface area (Å²) in [7, 11) is 3.58. The highest BCUT2D eigenvalue weighted by atomic mass is 16.5. The zero-order chi connectivity index (χ0) is 11.8. The Kier molecular flexibility index (Phi) is 6.07. The largest absolute Gasteiger partial charge is 0.392 e. The summed E-state index contributed by atoms with van der Waals surface area (Å²) in [5.41, 5.74) is 1.15. The highest BCUT2D eigenvalue weighted by Crippen LogP contribution is 2.03. The second kappa shape index (κ2) is 7.38. The lowest BCUT2D eigenvalue weighted by atomic mass is 10.1. The lowest BCUT2D eigenvalue weighted by Gasteiger charge is -2.11. The predicted molar refractivity (Wildman–Crippen MR) is 62.3 cm³/mol. The van der Waals surface area contributed by atoms with Crippen LogP contribution >= 0.6 is 0 Å². The normalized spacial score (nSPS) is 12.9. The number of nitrogens with one attached hydrogen (secondary N) is 1. The van der Waals surface area contributed by atoms with Crippen molar-refractivity contribution in [1.82, 2.24) is 15.1 Å². The third-order valence-electron chi connectivity index (χ3n) is 2.52. The van der Waals surface area contributed by atoms with Gasteiger partial charge in [0.05, 0.1) is 12.7 Å². The van der Waals surface area contributed by atoms with Crippen molar-refractivity contribution in [2.75, 3.05) is 26.8 Å². The molecule has 0 aliphatic heterocycles. The first-order valence-corrected chi connectivity index (χ1v) is 5.58. The summed E-state index contributed by atoms with van der Waals surface area (Å²) in [4.78, 5) is 0. The molecule has 0 aliphatic carbocycles. The minimum Gasteiger partial charge on any atom is -0.392 e. The van der Waals surface area contributed by atoms with Crippen molar-refractivity contribution in [3.05, 3.63) is 18.0 Å². The Morgan fingerprint density at radius 2 is 2.44 bits per heavy atom. The molecule has 0 aromatic carbocycles. The zero-order valence-corrected chi connectivity index (χ0v) is 10.0. The number of ether oxygens (including phenoxy) is 1. The Hall–Kier alpha value is -0.910. The first kappa shape index (κ1) is 13.2. The molecule has 1 heterocycles. The van der Waals surface area contributed by atoms with Gasteiger partial charge in [0.2, 0.25) is 0 Å². The molecule has 1 rings (SSSR count). The summed E-state index contributed by atoms with van der Waals surface area (Å²) in [5, 5.41) is 16.9. The van der Waals surface area contributed by atoms with Gasteiger partial charge in [-0.25, -0.2) is 0 Å². The van der Waals surface area contributed by atoms with Gasteiger partial charge in [-0.1, -0.05) is 0 Å². The maximum absolute atomic E-state index is 9.71. The molecule has 0 saturated carbocycles. The van der Waals surface area contributed by atoms with E-state index in [0.717, 1.165) is 25.1 Å². The van der Waals surface area contributed by atoms with Crippen LogP contribution in [0.25, 0.3) is 0 Å². The van der Waals surface area contributed by atoms with Gasteiger partial charge < -0.3 is 15.2 Å². The van der Waals surface area contributed by atoms with Gasteiger partial charge in [-0.15, -0.1) is 0 Å². The molecule has 0 spiro atoms. The number of aliphatic hydroxyl groups is 1. The van der Waals surface area contributed by atoms with E-state index in [1.165, 1.54) is 0 Å². The van der Waals surface area contributed by atoms with Gasteiger partial charge in [0.1, 0.15) is 0 Å². The fraction of sp³-hybridized carbons (Fsp3) is 0.727. The van der Waals surface area contributed by atoms with Crippen molar-refractivity contribution in [3.63, 3.8) is 0 Å². The molecule has 0 amide bonds. The molecular formula is C11H21N3O2. The minimum atomic E-state index is -0.313. The van der Waals surface area contributed by atoms with Gasteiger partial charge in [-0.2, -0.15) is 5.10 Å². The average Bonchev–Trinajstić information content (AvgIpc) is 2.67. The molecule has 16 heavy (non-hydrogen) atoms. The van der Waals surface area contributed by atoms with E-state index in [0.29, 0.717) is 13.2 Å². The summed E-state index contributed by atoms with van der Waals surface area (Å²) in [6.07, 6.45) is 3.06. The molecule has 1 unspecified atom stereocenters. The summed E-state index contributed by atoms with van der Waals surface area (Å²) >= 11 is 0. The van der Waals surface area contributed by atoms with Gasteiger partial charge in [-0.3, -0.25) is 4.68 Å². The second-order valence-electron chi connectivity index (χ2n) is 3.84. The average molecular weight is 227 g/mol. The Bertz CT molecular complexity index is 289. The van der Waals surface area contributed by atoms with Crippen LogP contribution in [0, 0.1) is 0 Å². The fourth-order valence-corrected chi connectivity index (χ4v) is 1.51. The second-order valence-corrected chi connectivity index (χ2v) is 3.84. The van der Waals surface area contributed by atoms with Gasteiger partial charge in [-0.05, 0) is 18.9 Å². The van der Waals surface area contributed by atoms with Crippen LogP contribution < -0.4 is 5.32 Å². The van der Waals surface area contributed by atoms with E-state index in [4.69, 9.17) is 4.74 Å². The number of hydrogen-bond acceptors (Lipinski definition) is 4. The van der Waals surface area contributed by atoms with Gasteiger partial charge in [0.25, 0.3) is 0 Å². The SMILES string of the molecule is COCCNCC(O)CCc1ccnn1C. The van der Waals surface area contributed by atoms with E-state index >= 15 is 0 Å². The third-order valence-corrected chi connectivity index (χ3v) is 2.52. The third kappa shape index (κ3) is 4.74. The predicted octanol–water partition coefficient (Wildman–Crippen LogP) is -0.0504. The van der Waals surface area contributed by atoms with E-state index in [1.54, 1.807) is 13.3 Å². The summed E-state index contributed by atoms with van der Waals surface area (Å²) in [6, 6.07) is 1.98. The van der Waals surface area contributed by atoms with E-state index < -0.39 is 0 Å². The number of hydrogen-bond donors (Lipinski definition) is 2. The lowest BCUT2D eigenvalue weighted by Crippen LogP contribution is -2.29. The molecule has 5 nitrogen and oxygen atoms in total. The molecule has 0 radical (unpaired) electrons. The van der Waals surface area contributed by atoms with Crippen LogP contribution in [0.3, 0.4) is 0 Å². The molecule has 0 fully saturated rings. The maximum atomic E-state index is 9.71. The first-order chi connectivity index (χ1) is 7.74. The van der Waals surface area contributed by atoms with Crippen molar-refractivity contribution in [2.24, 2.45) is 7.05 Å². The van der Waals surface area contributed by atoms with Gasteiger partial charge in [0.15, 0.2) is 0 Å². The van der Waals surface area contributed by atoms with Crippen LogP contribution in [-0.4, -0.2) is 47.8 Å². The number of methoxy groups -OCH3 is 1. The zero-order valence-electron chi connectivity index (χ0n) is 10.0. The number of nitrogens with zero attached hydrogens (tertiary/aromatic N) is 2. The molecule has 1 aromatic heterocycles. The van der Waals surface area contributed by atoms with Crippen LogP contribution in [0.15, 0.2) is 12.3 Å². The van der Waals surface area contributed by atoms with E-state index in [1.807, 2.05) is 17.8 Å². The highest BCUT2D eigenvalue weighted by Gasteiger charge is 2.05. The smallest absolute Gasteiger partial charge is 0.0668 e. The topological polar surface area (TPSA) is 59.3 Å². The molecule has 0 bridgehead atoms. The molecule has 1 atom stereocenters. The Morgan fingerprint density at radius 1 is 1.62 bits per heavy atom. The molecule has 1 aromatic rings. The number of aryl methyl sites for hydroxylation is 2. The van der Waals surface area contributed by atoms with Crippen molar-refractivity contribution < 1.29 is 9.84 Å². The Balaban J connectivity index is 2.10. The van der Waals surface area contributed by atoms with Crippen LogP contribution in [0.2, 0.25) is 0 Å². The van der Waals surface area contributed by atoms with Gasteiger partial charge >= 0.3 is 0 Å². The lowest BCUT2D eigenvalue weighted by molar-refractivity contribution is 0.152. The number of aliphatic hydroxyl groups excluding tert-OH is 1. The van der Waals surface area contributed by atoms with Crippen molar-refractivity contribution in [2.45, 2.75) is 18.9 Å². The fourth-order valence-electron chi connectivity index (χ4n) is 1.51. The van der Waals surface area contributed by atoms with E-state index in [-0.39, 0.29) is 6.10 Å². The van der Waals surface area contributed by atoms with Crippen LogP contribution in [-0.2, 0) is 18.2 Å². The first-order valence-electron chi connectivity index (χ1n) is 5.58. The van der Waals surface area contributed by atoms with Crippen LogP contribution in [0.1, 0.15) is 12.1 Å². The standard InChI is InChI=1S/C11H21N3O2/c1-14-10(5-6-13-14)3-4-11(15)9-12-7-8-16-2/h5-6,11-12,15H,3-4,7-9H2,1-2H3. The quantitative estimate of drug-likeness (QED) is 0.611. The highest BCUT2D eigenvalue weighted by molar-refractivity contribution is 5.00. The van der Waals surface area contributed by atoms with E-state index in [2.05, 4.69) is 10.4 Å². The molecule has 2 N–H and O–H groups in total. The van der Waals surface area contributed by atoms with Crippen LogP contribution in [0.5, 0.6) is 0 Å². The van der Waals surface area contributed by atoms with Crippen molar-refractivity contribution >= 4 is 0 Å². The summed E-state index contributed by atoms with van der Waals surface area (Å²) in [5.74, 6) is 0. The van der Waals surface area contributed by atoms with Crippen molar-refractivity contribution in [3.8, 4) is 0 Å². The summed E-state index contributed by atoms with van der Waals surface area (Å²) < 4.78 is 6.74. The van der Waals surface area contributed by atoms with Gasteiger partial charge in [0, 0.05) is 39.1 Å². The van der Waals surface area contributed by atoms with Crippen LogP contribution in [0.4, 0.5) is 0 Å². The number of rotatable bonds is 8. The number of aromatic nitrogens is 2. The molecule has 92 valence electrons. The summed E-state index contributed by atoms with van der Waals surface area (Å²) in [6.45, 7) is 2.06. The molecular weight excluding hydrogens is 206 g/mol. The van der Waals surface area contributed by atoms with Crippen molar-refractivity contribution in [1.29, 1.82) is 0 Å². The molecule has 0 aliphatic rings. The Labute approximate surface area is 96.4 Å². The maximum Gasteiger partial charge on any atom is 0.0668 e.